The second kappa shape index (κ2) is 6.06. The highest BCUT2D eigenvalue weighted by Crippen LogP contribution is 2.16. The minimum atomic E-state index is -0.160. The summed E-state index contributed by atoms with van der Waals surface area (Å²) in [6.45, 7) is 0.475. The SMILES string of the molecule is O=C(NCc1cccc(Br)c1)c1nccc2ccccc12. The predicted molar refractivity (Wildman–Crippen MR) is 87.1 cm³/mol. The lowest BCUT2D eigenvalue weighted by Gasteiger charge is -2.07. The van der Waals surface area contributed by atoms with Crippen molar-refractivity contribution >= 4 is 32.6 Å². The number of carbonyl (C=O) groups is 1. The van der Waals surface area contributed by atoms with Crippen LogP contribution in [-0.4, -0.2) is 10.9 Å². The number of amides is 1. The molecule has 3 aromatic rings. The first kappa shape index (κ1) is 13.8. The molecule has 104 valence electrons. The topological polar surface area (TPSA) is 42.0 Å². The minimum Gasteiger partial charge on any atom is -0.347 e. The molecule has 0 spiro atoms. The molecule has 0 aliphatic rings. The van der Waals surface area contributed by atoms with Gasteiger partial charge in [0.1, 0.15) is 5.69 Å². The minimum absolute atomic E-state index is 0.160. The number of hydrogen-bond donors (Lipinski definition) is 1. The number of carbonyl (C=O) groups excluding carboxylic acids is 1. The summed E-state index contributed by atoms with van der Waals surface area (Å²) in [6.07, 6.45) is 1.66. The number of benzene rings is 2. The number of hydrogen-bond acceptors (Lipinski definition) is 2. The number of aromatic nitrogens is 1. The molecule has 1 amide bonds. The van der Waals surface area contributed by atoms with Gasteiger partial charge in [0.25, 0.3) is 5.91 Å². The fourth-order valence-electron chi connectivity index (χ4n) is 2.21. The Morgan fingerprint density at radius 1 is 1.10 bits per heavy atom. The standard InChI is InChI=1S/C17H13BrN2O/c18-14-6-3-4-12(10-14)11-20-17(21)16-15-7-2-1-5-13(15)8-9-19-16/h1-10H,11H2,(H,20,21). The lowest BCUT2D eigenvalue weighted by Crippen LogP contribution is -2.24. The number of nitrogens with zero attached hydrogens (tertiary/aromatic N) is 1. The molecule has 0 aliphatic carbocycles. The van der Waals surface area contributed by atoms with Crippen LogP contribution in [0.5, 0.6) is 0 Å². The summed E-state index contributed by atoms with van der Waals surface area (Å²) in [5, 5.41) is 4.79. The summed E-state index contributed by atoms with van der Waals surface area (Å²) in [7, 11) is 0. The quantitative estimate of drug-likeness (QED) is 0.784. The van der Waals surface area contributed by atoms with Crippen molar-refractivity contribution in [3.05, 3.63) is 76.5 Å². The van der Waals surface area contributed by atoms with Gasteiger partial charge in [0.15, 0.2) is 0 Å². The molecule has 0 aliphatic heterocycles. The largest absolute Gasteiger partial charge is 0.347 e. The molecule has 1 heterocycles. The third-order valence-electron chi connectivity index (χ3n) is 3.23. The van der Waals surface area contributed by atoms with Gasteiger partial charge in [0.2, 0.25) is 0 Å². The normalized spacial score (nSPS) is 10.5. The van der Waals surface area contributed by atoms with Crippen LogP contribution in [0.15, 0.2) is 65.3 Å². The zero-order chi connectivity index (χ0) is 14.7. The highest BCUT2D eigenvalue weighted by atomic mass is 79.9. The Labute approximate surface area is 131 Å². The van der Waals surface area contributed by atoms with Crippen molar-refractivity contribution in [3.63, 3.8) is 0 Å². The number of rotatable bonds is 3. The molecule has 1 aromatic heterocycles. The molecular weight excluding hydrogens is 328 g/mol. The molecule has 0 saturated carbocycles. The Morgan fingerprint density at radius 3 is 2.81 bits per heavy atom. The average Bonchev–Trinajstić information content (AvgIpc) is 2.52. The van der Waals surface area contributed by atoms with Crippen molar-refractivity contribution in [1.29, 1.82) is 0 Å². The van der Waals surface area contributed by atoms with Crippen molar-refractivity contribution in [3.8, 4) is 0 Å². The molecule has 4 heteroatoms. The maximum atomic E-state index is 12.3. The van der Waals surface area contributed by atoms with E-state index in [0.29, 0.717) is 12.2 Å². The number of halogens is 1. The maximum Gasteiger partial charge on any atom is 0.270 e. The Morgan fingerprint density at radius 2 is 1.95 bits per heavy atom. The van der Waals surface area contributed by atoms with Crippen molar-refractivity contribution < 1.29 is 4.79 Å². The monoisotopic (exact) mass is 340 g/mol. The first-order chi connectivity index (χ1) is 10.2. The average molecular weight is 341 g/mol. The summed E-state index contributed by atoms with van der Waals surface area (Å²) in [5.74, 6) is -0.160. The molecule has 0 bridgehead atoms. The Bertz CT molecular complexity index is 796. The smallest absolute Gasteiger partial charge is 0.270 e. The first-order valence-corrected chi connectivity index (χ1v) is 7.40. The molecule has 0 fully saturated rings. The molecule has 0 saturated heterocycles. The predicted octanol–water partition coefficient (Wildman–Crippen LogP) is 3.93. The lowest BCUT2D eigenvalue weighted by atomic mass is 10.1. The van der Waals surface area contributed by atoms with Gasteiger partial charge in [-0.25, -0.2) is 0 Å². The summed E-state index contributed by atoms with van der Waals surface area (Å²) in [6, 6.07) is 17.5. The van der Waals surface area contributed by atoms with E-state index in [1.54, 1.807) is 6.20 Å². The maximum absolute atomic E-state index is 12.3. The van der Waals surface area contributed by atoms with E-state index in [-0.39, 0.29) is 5.91 Å². The summed E-state index contributed by atoms with van der Waals surface area (Å²) in [5.41, 5.74) is 1.50. The fourth-order valence-corrected chi connectivity index (χ4v) is 2.66. The van der Waals surface area contributed by atoms with Gasteiger partial charge in [-0.15, -0.1) is 0 Å². The zero-order valence-electron chi connectivity index (χ0n) is 11.2. The van der Waals surface area contributed by atoms with E-state index < -0.39 is 0 Å². The van der Waals surface area contributed by atoms with Gasteiger partial charge in [-0.1, -0.05) is 52.3 Å². The Kier molecular flexibility index (Phi) is 3.97. The molecule has 1 N–H and O–H groups in total. The van der Waals surface area contributed by atoms with Gasteiger partial charge < -0.3 is 5.32 Å². The Balaban J connectivity index is 1.81. The van der Waals surface area contributed by atoms with Crippen LogP contribution >= 0.6 is 15.9 Å². The van der Waals surface area contributed by atoms with E-state index in [1.807, 2.05) is 54.6 Å². The summed E-state index contributed by atoms with van der Waals surface area (Å²) in [4.78, 5) is 16.5. The van der Waals surface area contributed by atoms with Crippen molar-refractivity contribution in [1.82, 2.24) is 10.3 Å². The molecule has 0 unspecified atom stereocenters. The van der Waals surface area contributed by atoms with Crippen LogP contribution in [0.25, 0.3) is 10.8 Å². The van der Waals surface area contributed by atoms with E-state index in [9.17, 15) is 4.79 Å². The number of nitrogens with one attached hydrogen (secondary N) is 1. The molecule has 0 atom stereocenters. The highest BCUT2D eigenvalue weighted by Gasteiger charge is 2.10. The van der Waals surface area contributed by atoms with Gasteiger partial charge in [-0.2, -0.15) is 0 Å². The van der Waals surface area contributed by atoms with Crippen molar-refractivity contribution in [2.24, 2.45) is 0 Å². The van der Waals surface area contributed by atoms with Crippen LogP contribution < -0.4 is 5.32 Å². The number of pyridine rings is 1. The van der Waals surface area contributed by atoms with Gasteiger partial charge in [-0.3, -0.25) is 9.78 Å². The van der Waals surface area contributed by atoms with Crippen LogP contribution in [0.2, 0.25) is 0 Å². The Hall–Kier alpha value is -2.20. The second-order valence-electron chi connectivity index (χ2n) is 4.69. The second-order valence-corrected chi connectivity index (χ2v) is 5.61. The van der Waals surface area contributed by atoms with E-state index in [0.717, 1.165) is 20.8 Å². The van der Waals surface area contributed by atoms with Gasteiger partial charge in [0, 0.05) is 22.6 Å². The van der Waals surface area contributed by atoms with Crippen LogP contribution in [0.4, 0.5) is 0 Å². The van der Waals surface area contributed by atoms with E-state index >= 15 is 0 Å². The fraction of sp³-hybridized carbons (Fsp3) is 0.0588. The highest BCUT2D eigenvalue weighted by molar-refractivity contribution is 9.10. The number of fused-ring (bicyclic) bond motifs is 1. The van der Waals surface area contributed by atoms with Crippen LogP contribution in [0, 0.1) is 0 Å². The van der Waals surface area contributed by atoms with Gasteiger partial charge in [-0.05, 0) is 29.1 Å². The molecule has 3 rings (SSSR count). The zero-order valence-corrected chi connectivity index (χ0v) is 12.8. The van der Waals surface area contributed by atoms with E-state index in [4.69, 9.17) is 0 Å². The van der Waals surface area contributed by atoms with Crippen molar-refractivity contribution in [2.45, 2.75) is 6.54 Å². The van der Waals surface area contributed by atoms with Crippen LogP contribution in [0.1, 0.15) is 16.1 Å². The van der Waals surface area contributed by atoms with Crippen LogP contribution in [0.3, 0.4) is 0 Å². The van der Waals surface area contributed by atoms with Crippen LogP contribution in [-0.2, 0) is 6.54 Å². The molecule has 3 nitrogen and oxygen atoms in total. The third-order valence-corrected chi connectivity index (χ3v) is 3.72. The summed E-state index contributed by atoms with van der Waals surface area (Å²) < 4.78 is 0.998. The molecular formula is C17H13BrN2O. The summed E-state index contributed by atoms with van der Waals surface area (Å²) >= 11 is 3.42. The first-order valence-electron chi connectivity index (χ1n) is 6.60. The van der Waals surface area contributed by atoms with Crippen molar-refractivity contribution in [2.75, 3.05) is 0 Å². The third kappa shape index (κ3) is 3.11. The molecule has 21 heavy (non-hydrogen) atoms. The van der Waals surface area contributed by atoms with E-state index in [1.165, 1.54) is 0 Å². The molecule has 2 aromatic carbocycles. The lowest BCUT2D eigenvalue weighted by molar-refractivity contribution is 0.0948. The van der Waals surface area contributed by atoms with Gasteiger partial charge in [0.05, 0.1) is 0 Å². The van der Waals surface area contributed by atoms with E-state index in [2.05, 4.69) is 26.2 Å². The van der Waals surface area contributed by atoms with Gasteiger partial charge >= 0.3 is 0 Å². The molecule has 0 radical (unpaired) electrons.